The maximum Gasteiger partial charge on any atom is 0.0379 e. The summed E-state index contributed by atoms with van der Waals surface area (Å²) in [5, 5.41) is 0. The lowest BCUT2D eigenvalue weighted by molar-refractivity contribution is 0.883. The molecule has 0 unspecified atom stereocenters. The molecule has 1 nitrogen and oxygen atoms in total. The first kappa shape index (κ1) is 8.12. The van der Waals surface area contributed by atoms with E-state index in [2.05, 4.69) is 31.5 Å². The van der Waals surface area contributed by atoms with Crippen molar-refractivity contribution in [1.82, 2.24) is 4.98 Å². The van der Waals surface area contributed by atoms with Gasteiger partial charge in [0, 0.05) is 11.4 Å². The maximum absolute atomic E-state index is 3.71. The summed E-state index contributed by atoms with van der Waals surface area (Å²) in [6.45, 7) is 8.04. The minimum Gasteiger partial charge on any atom is -0.359 e. The molecule has 0 spiro atoms. The van der Waals surface area contributed by atoms with Crippen LogP contribution in [0.1, 0.15) is 30.3 Å². The van der Waals surface area contributed by atoms with Crippen LogP contribution in [0.2, 0.25) is 0 Å². The molecule has 1 rings (SSSR count). The SMILES string of the molecule is C=Cc1cc(C)c(CCC)[nH]1. The van der Waals surface area contributed by atoms with E-state index in [1.54, 1.807) is 0 Å². The Kier molecular flexibility index (Phi) is 2.53. The molecule has 1 aromatic rings. The molecule has 0 bridgehead atoms. The molecule has 0 aliphatic carbocycles. The second-order valence-electron chi connectivity index (χ2n) is 2.84. The first-order valence-electron chi connectivity index (χ1n) is 4.08. The van der Waals surface area contributed by atoms with Gasteiger partial charge in [-0.05, 0) is 31.1 Å². The molecule has 1 heterocycles. The first-order valence-corrected chi connectivity index (χ1v) is 4.08. The molecule has 1 heteroatoms. The summed E-state index contributed by atoms with van der Waals surface area (Å²) >= 11 is 0. The molecule has 0 aliphatic heterocycles. The highest BCUT2D eigenvalue weighted by atomic mass is 14.7. The van der Waals surface area contributed by atoms with Crippen LogP contribution in [-0.2, 0) is 6.42 Å². The summed E-state index contributed by atoms with van der Waals surface area (Å²) < 4.78 is 0. The van der Waals surface area contributed by atoms with Crippen molar-refractivity contribution in [2.45, 2.75) is 26.7 Å². The summed E-state index contributed by atoms with van der Waals surface area (Å²) in [5.74, 6) is 0. The lowest BCUT2D eigenvalue weighted by Crippen LogP contribution is -1.85. The second kappa shape index (κ2) is 3.42. The smallest absolute Gasteiger partial charge is 0.0379 e. The zero-order valence-corrected chi connectivity index (χ0v) is 7.28. The highest BCUT2D eigenvalue weighted by molar-refractivity contribution is 5.45. The molecule has 0 atom stereocenters. The van der Waals surface area contributed by atoms with E-state index in [1.165, 1.54) is 17.7 Å². The van der Waals surface area contributed by atoms with Gasteiger partial charge in [0.25, 0.3) is 0 Å². The van der Waals surface area contributed by atoms with E-state index in [1.807, 2.05) is 6.08 Å². The maximum atomic E-state index is 3.71. The van der Waals surface area contributed by atoms with E-state index in [9.17, 15) is 0 Å². The number of hydrogen-bond acceptors (Lipinski definition) is 0. The molecule has 0 saturated heterocycles. The monoisotopic (exact) mass is 149 g/mol. The average Bonchev–Trinajstić information content (AvgIpc) is 2.33. The Bertz CT molecular complexity index is 245. The zero-order valence-electron chi connectivity index (χ0n) is 7.28. The molecule has 0 radical (unpaired) electrons. The van der Waals surface area contributed by atoms with Crippen LogP contribution in [0.5, 0.6) is 0 Å². The van der Waals surface area contributed by atoms with Crippen LogP contribution in [0.4, 0.5) is 0 Å². The molecule has 0 aliphatic rings. The Morgan fingerprint density at radius 1 is 1.64 bits per heavy atom. The van der Waals surface area contributed by atoms with E-state index < -0.39 is 0 Å². The molecule has 0 aromatic carbocycles. The van der Waals surface area contributed by atoms with Crippen molar-refractivity contribution in [3.05, 3.63) is 29.6 Å². The van der Waals surface area contributed by atoms with E-state index in [4.69, 9.17) is 0 Å². The predicted octanol–water partition coefficient (Wildman–Crippen LogP) is 2.92. The molecule has 1 aromatic heterocycles. The molecular formula is C10H15N. The fourth-order valence-electron chi connectivity index (χ4n) is 1.25. The number of aromatic amines is 1. The highest BCUT2D eigenvalue weighted by Crippen LogP contribution is 2.11. The standard InChI is InChI=1S/C10H15N/c1-4-6-10-8(3)7-9(5-2)11-10/h5,7,11H,2,4,6H2,1,3H3. The van der Waals surface area contributed by atoms with Crippen molar-refractivity contribution >= 4 is 6.08 Å². The number of rotatable bonds is 3. The topological polar surface area (TPSA) is 15.8 Å². The Morgan fingerprint density at radius 3 is 2.82 bits per heavy atom. The predicted molar refractivity (Wildman–Crippen MR) is 49.6 cm³/mol. The van der Waals surface area contributed by atoms with Gasteiger partial charge >= 0.3 is 0 Å². The van der Waals surface area contributed by atoms with Crippen LogP contribution in [-0.4, -0.2) is 4.98 Å². The Balaban J connectivity index is 2.87. The van der Waals surface area contributed by atoms with Crippen LogP contribution >= 0.6 is 0 Å². The van der Waals surface area contributed by atoms with E-state index >= 15 is 0 Å². The van der Waals surface area contributed by atoms with E-state index in [-0.39, 0.29) is 0 Å². The van der Waals surface area contributed by atoms with Crippen molar-refractivity contribution in [2.24, 2.45) is 0 Å². The van der Waals surface area contributed by atoms with Crippen molar-refractivity contribution in [2.75, 3.05) is 0 Å². The van der Waals surface area contributed by atoms with Crippen molar-refractivity contribution in [3.63, 3.8) is 0 Å². The lowest BCUT2D eigenvalue weighted by atomic mass is 10.2. The lowest BCUT2D eigenvalue weighted by Gasteiger charge is -1.94. The van der Waals surface area contributed by atoms with Crippen LogP contribution in [0.3, 0.4) is 0 Å². The number of hydrogen-bond donors (Lipinski definition) is 1. The molecular weight excluding hydrogens is 134 g/mol. The third-order valence-corrected chi connectivity index (χ3v) is 1.86. The third-order valence-electron chi connectivity index (χ3n) is 1.86. The van der Waals surface area contributed by atoms with Gasteiger partial charge in [0.15, 0.2) is 0 Å². The Hall–Kier alpha value is -0.980. The van der Waals surface area contributed by atoms with Crippen molar-refractivity contribution in [1.29, 1.82) is 0 Å². The number of aromatic nitrogens is 1. The van der Waals surface area contributed by atoms with Gasteiger partial charge in [0.1, 0.15) is 0 Å². The van der Waals surface area contributed by atoms with E-state index in [0.29, 0.717) is 0 Å². The summed E-state index contributed by atoms with van der Waals surface area (Å²) in [6, 6.07) is 2.14. The Labute approximate surface area is 68.1 Å². The van der Waals surface area contributed by atoms with Gasteiger partial charge in [-0.2, -0.15) is 0 Å². The fourth-order valence-corrected chi connectivity index (χ4v) is 1.25. The van der Waals surface area contributed by atoms with Crippen molar-refractivity contribution < 1.29 is 0 Å². The summed E-state index contributed by atoms with van der Waals surface area (Å²) in [4.78, 5) is 3.31. The van der Waals surface area contributed by atoms with Crippen LogP contribution in [0.25, 0.3) is 6.08 Å². The average molecular weight is 149 g/mol. The minimum atomic E-state index is 1.13. The number of nitrogens with one attached hydrogen (secondary N) is 1. The van der Waals surface area contributed by atoms with Gasteiger partial charge in [-0.1, -0.05) is 19.9 Å². The van der Waals surface area contributed by atoms with Gasteiger partial charge in [-0.15, -0.1) is 0 Å². The number of H-pyrrole nitrogens is 1. The summed E-state index contributed by atoms with van der Waals surface area (Å²) in [5.41, 5.74) is 3.83. The second-order valence-corrected chi connectivity index (χ2v) is 2.84. The molecule has 1 N–H and O–H groups in total. The largest absolute Gasteiger partial charge is 0.359 e. The fraction of sp³-hybridized carbons (Fsp3) is 0.400. The van der Waals surface area contributed by atoms with Crippen LogP contribution in [0.15, 0.2) is 12.6 Å². The summed E-state index contributed by atoms with van der Waals surface area (Å²) in [7, 11) is 0. The third kappa shape index (κ3) is 1.73. The quantitative estimate of drug-likeness (QED) is 0.680. The normalized spacial score (nSPS) is 10.0. The first-order chi connectivity index (χ1) is 5.27. The Morgan fingerprint density at radius 2 is 2.36 bits per heavy atom. The molecule has 0 saturated carbocycles. The van der Waals surface area contributed by atoms with Gasteiger partial charge in [-0.25, -0.2) is 0 Å². The summed E-state index contributed by atoms with van der Waals surface area (Å²) in [6.07, 6.45) is 4.18. The van der Waals surface area contributed by atoms with Crippen LogP contribution in [0, 0.1) is 6.92 Å². The minimum absolute atomic E-state index is 1.13. The van der Waals surface area contributed by atoms with Gasteiger partial charge in [0.2, 0.25) is 0 Å². The number of aryl methyl sites for hydroxylation is 2. The molecule has 11 heavy (non-hydrogen) atoms. The van der Waals surface area contributed by atoms with Crippen LogP contribution < -0.4 is 0 Å². The highest BCUT2D eigenvalue weighted by Gasteiger charge is 1.99. The van der Waals surface area contributed by atoms with Gasteiger partial charge in [-0.3, -0.25) is 0 Å². The zero-order chi connectivity index (χ0) is 8.27. The van der Waals surface area contributed by atoms with Crippen molar-refractivity contribution in [3.8, 4) is 0 Å². The molecule has 60 valence electrons. The molecule has 0 amide bonds. The van der Waals surface area contributed by atoms with Gasteiger partial charge < -0.3 is 4.98 Å². The van der Waals surface area contributed by atoms with E-state index in [0.717, 1.165) is 12.1 Å². The molecule has 0 fully saturated rings. The van der Waals surface area contributed by atoms with Gasteiger partial charge in [0.05, 0.1) is 0 Å².